The van der Waals surface area contributed by atoms with E-state index in [-0.39, 0.29) is 0 Å². The van der Waals surface area contributed by atoms with Crippen LogP contribution in [-0.4, -0.2) is 48.2 Å². The van der Waals surface area contributed by atoms with Crippen LogP contribution in [-0.2, 0) is 14.3 Å². The van der Waals surface area contributed by atoms with Gasteiger partial charge in [-0.1, -0.05) is 0 Å². The SMILES string of the molecule is COC(=O)[C@@H](O)[C@@H](NC(=O)OC(C)(C)C)C(F)(F)F. The molecule has 0 aromatic heterocycles. The van der Waals surface area contributed by atoms with E-state index in [4.69, 9.17) is 0 Å². The van der Waals surface area contributed by atoms with Gasteiger partial charge in [0, 0.05) is 0 Å². The number of alkyl halides is 3. The maximum absolute atomic E-state index is 12.6. The predicted molar refractivity (Wildman–Crippen MR) is 57.2 cm³/mol. The second-order valence-electron chi connectivity index (χ2n) is 4.63. The number of carbonyl (C=O) groups is 2. The molecule has 0 aromatic carbocycles. The van der Waals surface area contributed by atoms with Crippen LogP contribution in [0.15, 0.2) is 0 Å². The monoisotopic (exact) mass is 287 g/mol. The maximum atomic E-state index is 12.6. The first-order chi connectivity index (χ1) is 8.38. The fourth-order valence-electron chi connectivity index (χ4n) is 1.03. The van der Waals surface area contributed by atoms with Crippen LogP contribution in [0.3, 0.4) is 0 Å². The van der Waals surface area contributed by atoms with Crippen LogP contribution in [0.25, 0.3) is 0 Å². The number of halogens is 3. The number of aliphatic hydroxyl groups is 1. The number of carbonyl (C=O) groups excluding carboxylic acids is 2. The molecule has 112 valence electrons. The van der Waals surface area contributed by atoms with Gasteiger partial charge in [-0.3, -0.25) is 0 Å². The Morgan fingerprint density at radius 1 is 1.21 bits per heavy atom. The van der Waals surface area contributed by atoms with Crippen molar-refractivity contribution < 1.29 is 37.3 Å². The minimum Gasteiger partial charge on any atom is -0.467 e. The zero-order valence-corrected chi connectivity index (χ0v) is 10.9. The first-order valence-corrected chi connectivity index (χ1v) is 5.20. The van der Waals surface area contributed by atoms with Gasteiger partial charge in [-0.25, -0.2) is 9.59 Å². The summed E-state index contributed by atoms with van der Waals surface area (Å²) in [7, 11) is 0.812. The maximum Gasteiger partial charge on any atom is 0.411 e. The minimum atomic E-state index is -5.04. The molecule has 0 spiro atoms. The lowest BCUT2D eigenvalue weighted by Gasteiger charge is -2.26. The lowest BCUT2D eigenvalue weighted by atomic mass is 10.1. The van der Waals surface area contributed by atoms with Crippen molar-refractivity contribution in [1.29, 1.82) is 0 Å². The van der Waals surface area contributed by atoms with Gasteiger partial charge in [0.1, 0.15) is 5.60 Å². The summed E-state index contributed by atoms with van der Waals surface area (Å²) in [6.07, 6.45) is -9.01. The molecule has 0 fully saturated rings. The van der Waals surface area contributed by atoms with Crippen molar-refractivity contribution in [3.05, 3.63) is 0 Å². The van der Waals surface area contributed by atoms with E-state index >= 15 is 0 Å². The van der Waals surface area contributed by atoms with Crippen molar-refractivity contribution in [2.45, 2.75) is 44.7 Å². The summed E-state index contributed by atoms with van der Waals surface area (Å²) in [5.41, 5.74) is -1.02. The normalized spacial score (nSPS) is 15.4. The van der Waals surface area contributed by atoms with E-state index in [1.165, 1.54) is 26.1 Å². The second kappa shape index (κ2) is 6.09. The molecule has 1 amide bonds. The van der Waals surface area contributed by atoms with Crippen LogP contribution in [0.2, 0.25) is 0 Å². The first kappa shape index (κ1) is 17.5. The third kappa shape index (κ3) is 6.27. The Labute approximate surface area is 107 Å². The highest BCUT2D eigenvalue weighted by Gasteiger charge is 2.49. The Kier molecular flexibility index (Phi) is 5.61. The smallest absolute Gasteiger partial charge is 0.411 e. The first-order valence-electron chi connectivity index (χ1n) is 5.20. The third-order valence-corrected chi connectivity index (χ3v) is 1.78. The lowest BCUT2D eigenvalue weighted by molar-refractivity contribution is -0.190. The quantitative estimate of drug-likeness (QED) is 0.756. The highest BCUT2D eigenvalue weighted by molar-refractivity contribution is 5.77. The third-order valence-electron chi connectivity index (χ3n) is 1.78. The van der Waals surface area contributed by atoms with E-state index in [0.29, 0.717) is 0 Å². The molecule has 0 heterocycles. The Balaban J connectivity index is 4.90. The molecule has 0 aliphatic heterocycles. The Bertz CT molecular complexity index is 337. The number of amides is 1. The molecule has 19 heavy (non-hydrogen) atoms. The van der Waals surface area contributed by atoms with E-state index in [0.717, 1.165) is 7.11 Å². The van der Waals surface area contributed by atoms with Crippen LogP contribution in [0, 0.1) is 0 Å². The summed E-state index contributed by atoms with van der Waals surface area (Å²) < 4.78 is 46.5. The molecule has 0 rings (SSSR count). The molecule has 0 saturated heterocycles. The zero-order chi connectivity index (χ0) is 15.4. The Morgan fingerprint density at radius 3 is 2.00 bits per heavy atom. The van der Waals surface area contributed by atoms with Crippen molar-refractivity contribution >= 4 is 12.1 Å². The van der Waals surface area contributed by atoms with Crippen molar-refractivity contribution in [2.24, 2.45) is 0 Å². The molecule has 2 atom stereocenters. The molecule has 0 bridgehead atoms. The number of hydrogen-bond acceptors (Lipinski definition) is 5. The van der Waals surface area contributed by atoms with Crippen molar-refractivity contribution in [2.75, 3.05) is 7.11 Å². The van der Waals surface area contributed by atoms with E-state index < -0.39 is 36.0 Å². The molecule has 0 aliphatic rings. The van der Waals surface area contributed by atoms with Gasteiger partial charge in [0.05, 0.1) is 7.11 Å². The predicted octanol–water partition coefficient (Wildman–Crippen LogP) is 0.976. The van der Waals surface area contributed by atoms with Gasteiger partial charge in [0.15, 0.2) is 12.1 Å². The van der Waals surface area contributed by atoms with Gasteiger partial charge in [-0.15, -0.1) is 0 Å². The van der Waals surface area contributed by atoms with E-state index in [1.54, 1.807) is 0 Å². The topological polar surface area (TPSA) is 84.9 Å². The summed E-state index contributed by atoms with van der Waals surface area (Å²) in [5, 5.41) is 10.6. The van der Waals surface area contributed by atoms with Gasteiger partial charge in [-0.05, 0) is 20.8 Å². The van der Waals surface area contributed by atoms with Crippen molar-refractivity contribution in [1.82, 2.24) is 5.32 Å². The van der Waals surface area contributed by atoms with E-state index in [2.05, 4.69) is 9.47 Å². The number of ether oxygens (including phenoxy) is 2. The number of aliphatic hydroxyl groups excluding tert-OH is 1. The van der Waals surface area contributed by atoms with Gasteiger partial charge in [0.25, 0.3) is 0 Å². The largest absolute Gasteiger partial charge is 0.467 e. The molecule has 0 radical (unpaired) electrons. The van der Waals surface area contributed by atoms with Crippen LogP contribution in [0.5, 0.6) is 0 Å². The number of esters is 1. The standard InChI is InChI=1S/C10H16F3NO5/c1-9(2,3)19-8(17)14-6(10(11,12)13)5(15)7(16)18-4/h5-6,15H,1-4H3,(H,14,17)/t5-,6+/m0/s1. The van der Waals surface area contributed by atoms with Gasteiger partial charge >= 0.3 is 18.2 Å². The summed E-state index contributed by atoms with van der Waals surface area (Å²) in [6.45, 7) is 4.35. The molecular weight excluding hydrogens is 271 g/mol. The minimum absolute atomic E-state index is 0.812. The lowest BCUT2D eigenvalue weighted by Crippen LogP contribution is -2.56. The molecule has 0 unspecified atom stereocenters. The second-order valence-corrected chi connectivity index (χ2v) is 4.63. The fourth-order valence-corrected chi connectivity index (χ4v) is 1.03. The zero-order valence-electron chi connectivity index (χ0n) is 10.9. The molecule has 0 saturated carbocycles. The summed E-state index contributed by atoms with van der Waals surface area (Å²) in [4.78, 5) is 22.1. The number of hydrogen-bond donors (Lipinski definition) is 2. The van der Waals surface area contributed by atoms with Crippen LogP contribution < -0.4 is 5.32 Å². The molecular formula is C10H16F3NO5. The molecule has 0 aromatic rings. The van der Waals surface area contributed by atoms with Crippen LogP contribution >= 0.6 is 0 Å². The molecule has 6 nitrogen and oxygen atoms in total. The molecule has 9 heteroatoms. The molecule has 2 N–H and O–H groups in total. The van der Waals surface area contributed by atoms with Crippen molar-refractivity contribution in [3.63, 3.8) is 0 Å². The van der Waals surface area contributed by atoms with Gasteiger partial charge < -0.3 is 19.9 Å². The summed E-state index contributed by atoms with van der Waals surface area (Å²) >= 11 is 0. The highest BCUT2D eigenvalue weighted by atomic mass is 19.4. The Morgan fingerprint density at radius 2 is 1.68 bits per heavy atom. The van der Waals surface area contributed by atoms with Crippen molar-refractivity contribution in [3.8, 4) is 0 Å². The van der Waals surface area contributed by atoms with Crippen LogP contribution in [0.4, 0.5) is 18.0 Å². The van der Waals surface area contributed by atoms with Gasteiger partial charge in [-0.2, -0.15) is 13.2 Å². The van der Waals surface area contributed by atoms with Crippen LogP contribution in [0.1, 0.15) is 20.8 Å². The number of alkyl carbamates (subject to hydrolysis) is 1. The summed E-state index contributed by atoms with van der Waals surface area (Å²) in [6, 6.07) is -2.81. The number of nitrogens with one attached hydrogen (secondary N) is 1. The molecule has 0 aliphatic carbocycles. The van der Waals surface area contributed by atoms with E-state index in [1.807, 2.05) is 0 Å². The van der Waals surface area contributed by atoms with E-state index in [9.17, 15) is 27.9 Å². The average Bonchev–Trinajstić information content (AvgIpc) is 2.19. The average molecular weight is 287 g/mol. The summed E-state index contributed by atoms with van der Waals surface area (Å²) in [5.74, 6) is -1.52. The Hall–Kier alpha value is -1.51. The van der Waals surface area contributed by atoms with Gasteiger partial charge in [0.2, 0.25) is 0 Å². The highest BCUT2D eigenvalue weighted by Crippen LogP contribution is 2.23. The number of methoxy groups -OCH3 is 1. The number of rotatable bonds is 3. The fraction of sp³-hybridized carbons (Fsp3) is 0.800.